The fourth-order valence-corrected chi connectivity index (χ4v) is 3.14. The van der Waals surface area contributed by atoms with Crippen molar-refractivity contribution in [1.82, 2.24) is 9.88 Å². The van der Waals surface area contributed by atoms with Crippen molar-refractivity contribution in [2.24, 2.45) is 10.6 Å². The zero-order chi connectivity index (χ0) is 16.5. The van der Waals surface area contributed by atoms with E-state index in [-0.39, 0.29) is 10.8 Å². The molecule has 7 nitrogen and oxygen atoms in total. The molecule has 1 saturated heterocycles. The van der Waals surface area contributed by atoms with Crippen molar-refractivity contribution in [1.29, 1.82) is 0 Å². The molecule has 122 valence electrons. The van der Waals surface area contributed by atoms with Gasteiger partial charge in [-0.3, -0.25) is 4.79 Å². The number of amides is 1. The number of rotatable bonds is 2. The molecule has 0 bridgehead atoms. The quantitative estimate of drug-likeness (QED) is 0.850. The number of sulfonamides is 1. The van der Waals surface area contributed by atoms with Crippen molar-refractivity contribution >= 4 is 21.7 Å². The zero-order valence-electron chi connectivity index (χ0n) is 13.1. The van der Waals surface area contributed by atoms with Crippen LogP contribution < -0.4 is 10.0 Å². The molecule has 2 rings (SSSR count). The highest BCUT2D eigenvalue weighted by Gasteiger charge is 2.31. The Labute approximate surface area is 131 Å². The zero-order valence-corrected chi connectivity index (χ0v) is 13.9. The van der Waals surface area contributed by atoms with Crippen molar-refractivity contribution in [2.75, 3.05) is 31.1 Å². The molecule has 2 N–H and O–H groups in total. The van der Waals surface area contributed by atoms with Crippen LogP contribution >= 0.6 is 0 Å². The Hall–Kier alpha value is -1.67. The Balaban J connectivity index is 2.15. The first kappa shape index (κ1) is 16.7. The van der Waals surface area contributed by atoms with E-state index in [9.17, 15) is 13.2 Å². The van der Waals surface area contributed by atoms with Crippen molar-refractivity contribution in [3.8, 4) is 0 Å². The summed E-state index contributed by atoms with van der Waals surface area (Å²) in [6.45, 7) is 7.80. The monoisotopic (exact) mass is 326 g/mol. The highest BCUT2D eigenvalue weighted by Crippen LogP contribution is 2.24. The third-order valence-electron chi connectivity index (χ3n) is 3.57. The minimum Gasteiger partial charge on any atom is -0.352 e. The second-order valence-corrected chi connectivity index (χ2v) is 7.93. The highest BCUT2D eigenvalue weighted by molar-refractivity contribution is 7.89. The summed E-state index contributed by atoms with van der Waals surface area (Å²) >= 11 is 0. The fourth-order valence-electron chi connectivity index (χ4n) is 2.44. The average molecular weight is 326 g/mol. The lowest BCUT2D eigenvalue weighted by Gasteiger charge is -2.38. The van der Waals surface area contributed by atoms with Gasteiger partial charge in [0.1, 0.15) is 10.7 Å². The molecule has 0 spiro atoms. The maximum Gasteiger partial charge on any atom is 0.241 e. The second kappa shape index (κ2) is 5.85. The first-order valence-electron chi connectivity index (χ1n) is 7.13. The number of hydrogen-bond acceptors (Lipinski definition) is 5. The molecule has 1 aromatic heterocycles. The van der Waals surface area contributed by atoms with E-state index < -0.39 is 15.4 Å². The molecule has 1 fully saturated rings. The van der Waals surface area contributed by atoms with Crippen LogP contribution in [0.2, 0.25) is 0 Å². The number of aromatic nitrogens is 1. The summed E-state index contributed by atoms with van der Waals surface area (Å²) in [5.74, 6) is 0.452. The number of hydrogen-bond donors (Lipinski definition) is 1. The number of carbonyl (C=O) groups excluding carboxylic acids is 1. The van der Waals surface area contributed by atoms with Crippen LogP contribution in [0.25, 0.3) is 0 Å². The summed E-state index contributed by atoms with van der Waals surface area (Å²) in [4.78, 5) is 20.1. The summed E-state index contributed by atoms with van der Waals surface area (Å²) in [5, 5.41) is 5.24. The van der Waals surface area contributed by atoms with Gasteiger partial charge in [-0.15, -0.1) is 0 Å². The Kier molecular flexibility index (Phi) is 4.44. The van der Waals surface area contributed by atoms with E-state index in [4.69, 9.17) is 5.14 Å². The predicted octanol–water partition coefficient (Wildman–Crippen LogP) is 0.424. The first-order chi connectivity index (χ1) is 10.1. The molecule has 1 aromatic rings. The molecule has 0 radical (unpaired) electrons. The average Bonchev–Trinajstić information content (AvgIpc) is 2.45. The lowest BCUT2D eigenvalue weighted by Crippen LogP contribution is -2.52. The molecular weight excluding hydrogens is 304 g/mol. The van der Waals surface area contributed by atoms with Gasteiger partial charge in [-0.05, 0) is 12.1 Å². The largest absolute Gasteiger partial charge is 0.352 e. The minimum absolute atomic E-state index is 0.0191. The van der Waals surface area contributed by atoms with Crippen molar-refractivity contribution in [2.45, 2.75) is 25.7 Å². The van der Waals surface area contributed by atoms with Crippen molar-refractivity contribution < 1.29 is 13.2 Å². The smallest absolute Gasteiger partial charge is 0.241 e. The summed E-state index contributed by atoms with van der Waals surface area (Å²) in [7, 11) is -3.82. The van der Waals surface area contributed by atoms with Crippen LogP contribution in [0, 0.1) is 5.41 Å². The normalized spacial score (nSPS) is 16.7. The van der Waals surface area contributed by atoms with Gasteiger partial charge in [0.15, 0.2) is 0 Å². The number of primary sulfonamides is 1. The lowest BCUT2D eigenvalue weighted by molar-refractivity contribution is -0.139. The third-order valence-corrected chi connectivity index (χ3v) is 4.50. The van der Waals surface area contributed by atoms with E-state index in [1.165, 1.54) is 12.3 Å². The molecule has 0 saturated carbocycles. The Bertz CT molecular complexity index is 659. The molecule has 1 aliphatic rings. The maximum absolute atomic E-state index is 12.3. The van der Waals surface area contributed by atoms with Gasteiger partial charge >= 0.3 is 0 Å². The summed E-state index contributed by atoms with van der Waals surface area (Å²) in [6, 6.07) is 2.99. The van der Waals surface area contributed by atoms with Gasteiger partial charge < -0.3 is 9.80 Å². The van der Waals surface area contributed by atoms with Gasteiger partial charge in [-0.1, -0.05) is 20.8 Å². The topological polar surface area (TPSA) is 96.6 Å². The molecule has 0 aliphatic carbocycles. The number of nitrogens with zero attached hydrogens (tertiary/aromatic N) is 3. The summed E-state index contributed by atoms with van der Waals surface area (Å²) in [5.41, 5.74) is -0.418. The number of carbonyl (C=O) groups is 1. The molecule has 22 heavy (non-hydrogen) atoms. The maximum atomic E-state index is 12.3. The van der Waals surface area contributed by atoms with Crippen LogP contribution in [0.4, 0.5) is 5.82 Å². The van der Waals surface area contributed by atoms with Crippen molar-refractivity contribution in [3.05, 3.63) is 18.3 Å². The van der Waals surface area contributed by atoms with Crippen molar-refractivity contribution in [3.63, 3.8) is 0 Å². The number of nitrogens with two attached hydrogens (primary N) is 1. The van der Waals surface area contributed by atoms with Gasteiger partial charge in [-0.2, -0.15) is 0 Å². The number of anilines is 1. The number of pyridine rings is 1. The number of piperazine rings is 1. The van der Waals surface area contributed by atoms with Crippen LogP contribution in [-0.4, -0.2) is 50.4 Å². The fraction of sp³-hybridized carbons (Fsp3) is 0.571. The molecule has 0 atom stereocenters. The molecule has 8 heteroatoms. The predicted molar refractivity (Wildman–Crippen MR) is 83.9 cm³/mol. The Morgan fingerprint density at radius 1 is 1.23 bits per heavy atom. The van der Waals surface area contributed by atoms with E-state index >= 15 is 0 Å². The molecule has 2 heterocycles. The molecular formula is C14H22N4O3S. The van der Waals surface area contributed by atoms with E-state index in [0.29, 0.717) is 32.0 Å². The molecule has 1 amide bonds. The van der Waals surface area contributed by atoms with Gasteiger partial charge in [0, 0.05) is 37.8 Å². The van der Waals surface area contributed by atoms with Gasteiger partial charge in [0.25, 0.3) is 0 Å². The lowest BCUT2D eigenvalue weighted by atomic mass is 9.94. The van der Waals surface area contributed by atoms with Crippen LogP contribution in [0.5, 0.6) is 0 Å². The second-order valence-electron chi connectivity index (χ2n) is 6.40. The van der Waals surface area contributed by atoms with E-state index in [1.54, 1.807) is 11.0 Å². The van der Waals surface area contributed by atoms with E-state index in [1.807, 2.05) is 25.7 Å². The molecule has 0 unspecified atom stereocenters. The van der Waals surface area contributed by atoms with Gasteiger partial charge in [0.05, 0.1) is 0 Å². The Morgan fingerprint density at radius 3 is 2.32 bits per heavy atom. The first-order valence-corrected chi connectivity index (χ1v) is 8.67. The highest BCUT2D eigenvalue weighted by atomic mass is 32.2. The van der Waals surface area contributed by atoms with Crippen LogP contribution in [-0.2, 0) is 14.8 Å². The van der Waals surface area contributed by atoms with Crippen LogP contribution in [0.3, 0.4) is 0 Å². The third kappa shape index (κ3) is 3.56. The summed E-state index contributed by atoms with van der Waals surface area (Å²) < 4.78 is 23.3. The van der Waals surface area contributed by atoms with E-state index in [0.717, 1.165) is 0 Å². The van der Waals surface area contributed by atoms with E-state index in [2.05, 4.69) is 4.98 Å². The standard InChI is InChI=1S/C14H22N4O3S/c1-14(2,3)13(19)18-9-7-17(8-10-18)12-11(22(15,20)21)5-4-6-16-12/h4-6H,7-10H2,1-3H3,(H2,15,20,21). The van der Waals surface area contributed by atoms with Gasteiger partial charge in [0.2, 0.25) is 15.9 Å². The summed E-state index contributed by atoms with van der Waals surface area (Å²) in [6.07, 6.45) is 1.54. The van der Waals surface area contributed by atoms with Crippen LogP contribution in [0.15, 0.2) is 23.2 Å². The SMILES string of the molecule is CC(C)(C)C(=O)N1CCN(c2ncccc2S(N)(=O)=O)CC1. The minimum atomic E-state index is -3.82. The molecule has 0 aromatic carbocycles. The van der Waals surface area contributed by atoms with Crippen LogP contribution in [0.1, 0.15) is 20.8 Å². The van der Waals surface area contributed by atoms with Gasteiger partial charge in [-0.25, -0.2) is 18.5 Å². The molecule has 1 aliphatic heterocycles. The Morgan fingerprint density at radius 2 is 1.82 bits per heavy atom.